The number of ether oxygens (including phenoxy) is 4. The molecule has 0 radical (unpaired) electrons. The summed E-state index contributed by atoms with van der Waals surface area (Å²) in [6.45, 7) is 0. The molecule has 8 bridgehead atoms. The third-order valence-electron chi connectivity index (χ3n) is 5.14. The van der Waals surface area contributed by atoms with Crippen LogP contribution in [0.15, 0.2) is 114 Å². The molecule has 0 atom stereocenters. The van der Waals surface area contributed by atoms with E-state index in [1.807, 2.05) is 48.6 Å². The van der Waals surface area contributed by atoms with Crippen molar-refractivity contribution in [1.82, 2.24) is 0 Å². The first-order chi connectivity index (χ1) is 15.6. The van der Waals surface area contributed by atoms with E-state index in [2.05, 4.69) is 9.98 Å². The van der Waals surface area contributed by atoms with Gasteiger partial charge in [-0.1, -0.05) is 0 Å². The zero-order chi connectivity index (χ0) is 22.2. The van der Waals surface area contributed by atoms with E-state index in [9.17, 15) is 0 Å². The quantitative estimate of drug-likeness (QED) is 0.686. The lowest BCUT2D eigenvalue weighted by atomic mass is 10.2. The Morgan fingerprint density at radius 3 is 1.78 bits per heavy atom. The first-order valence-electron chi connectivity index (χ1n) is 9.87. The molecule has 0 unspecified atom stereocenters. The fourth-order valence-corrected chi connectivity index (χ4v) is 3.75. The second-order valence-electron chi connectivity index (χ2n) is 7.07. The lowest BCUT2D eigenvalue weighted by Gasteiger charge is -2.12. The smallest absolute Gasteiger partial charge is 0.192 e. The van der Waals surface area contributed by atoms with Crippen LogP contribution < -0.4 is 0 Å². The van der Waals surface area contributed by atoms with Gasteiger partial charge in [0.25, 0.3) is 0 Å². The predicted molar refractivity (Wildman–Crippen MR) is 122 cm³/mol. The van der Waals surface area contributed by atoms with Crippen LogP contribution in [-0.4, -0.2) is 51.3 Å². The number of nitrogens with zero attached hydrogens (tertiary/aromatic N) is 4. The van der Waals surface area contributed by atoms with E-state index >= 15 is 0 Å². The maximum Gasteiger partial charge on any atom is 0.192 e. The highest BCUT2D eigenvalue weighted by Gasteiger charge is 2.33. The van der Waals surface area contributed by atoms with Gasteiger partial charge in [0, 0.05) is 6.08 Å². The molecular formula is C24H20N4O4. The molecule has 0 spiro atoms. The number of hydrogen-bond donors (Lipinski definition) is 0. The van der Waals surface area contributed by atoms with E-state index in [4.69, 9.17) is 28.9 Å². The van der Waals surface area contributed by atoms with Gasteiger partial charge in [0.15, 0.2) is 28.7 Å². The number of allylic oxidation sites excluding steroid dienone is 8. The minimum atomic E-state index is 0.407. The summed E-state index contributed by atoms with van der Waals surface area (Å²) in [4.78, 5) is 18.8. The van der Waals surface area contributed by atoms with Gasteiger partial charge in [0.1, 0.15) is 11.4 Å². The molecule has 5 aliphatic heterocycles. The Morgan fingerprint density at radius 2 is 1.16 bits per heavy atom. The molecule has 5 heterocycles. The molecule has 0 aromatic carbocycles. The second kappa shape index (κ2) is 7.81. The molecule has 5 aliphatic rings. The third kappa shape index (κ3) is 3.26. The first-order valence-corrected chi connectivity index (χ1v) is 9.87. The van der Waals surface area contributed by atoms with Crippen LogP contribution in [0.3, 0.4) is 0 Å². The lowest BCUT2D eigenvalue weighted by molar-refractivity contribution is 0.240. The van der Waals surface area contributed by atoms with Crippen LogP contribution in [0.25, 0.3) is 0 Å². The van der Waals surface area contributed by atoms with Crippen molar-refractivity contribution >= 4 is 22.8 Å². The summed E-state index contributed by atoms with van der Waals surface area (Å²) in [6.07, 6.45) is 15.2. The molecule has 8 nitrogen and oxygen atoms in total. The molecule has 0 saturated carbocycles. The Balaban J connectivity index is 1.78. The molecule has 0 N–H and O–H groups in total. The van der Waals surface area contributed by atoms with Crippen LogP contribution in [0.2, 0.25) is 0 Å². The number of aliphatic imine (C=N–C) groups is 4. The zero-order valence-corrected chi connectivity index (χ0v) is 18.0. The van der Waals surface area contributed by atoms with Gasteiger partial charge < -0.3 is 18.9 Å². The highest BCUT2D eigenvalue weighted by Crippen LogP contribution is 2.34. The van der Waals surface area contributed by atoms with E-state index in [1.165, 1.54) is 0 Å². The molecule has 0 aromatic heterocycles. The average Bonchev–Trinajstić information content (AvgIpc) is 3.56. The van der Waals surface area contributed by atoms with Crippen molar-refractivity contribution in [1.29, 1.82) is 0 Å². The van der Waals surface area contributed by atoms with Crippen LogP contribution in [0, 0.1) is 0 Å². The summed E-state index contributed by atoms with van der Waals surface area (Å²) in [5.74, 6) is 1.88. The van der Waals surface area contributed by atoms with Crippen molar-refractivity contribution in [2.75, 3.05) is 28.4 Å². The summed E-state index contributed by atoms with van der Waals surface area (Å²) < 4.78 is 22.6. The highest BCUT2D eigenvalue weighted by atomic mass is 16.5. The molecule has 8 heteroatoms. The molecular weight excluding hydrogens is 408 g/mol. The van der Waals surface area contributed by atoms with Crippen LogP contribution in [0.5, 0.6) is 0 Å². The lowest BCUT2D eigenvalue weighted by Crippen LogP contribution is -2.11. The topological polar surface area (TPSA) is 86.4 Å². The molecule has 5 rings (SSSR count). The normalized spacial score (nSPS) is 20.9. The molecule has 0 aliphatic carbocycles. The minimum absolute atomic E-state index is 0.407. The zero-order valence-electron chi connectivity index (χ0n) is 18.0. The Labute approximate surface area is 185 Å². The molecule has 32 heavy (non-hydrogen) atoms. The largest absolute Gasteiger partial charge is 0.494 e. The van der Waals surface area contributed by atoms with Crippen LogP contribution in [0.1, 0.15) is 0 Å². The molecule has 0 amide bonds. The summed E-state index contributed by atoms with van der Waals surface area (Å²) in [7, 11) is 6.27. The minimum Gasteiger partial charge on any atom is -0.494 e. The van der Waals surface area contributed by atoms with Gasteiger partial charge in [0.05, 0.1) is 57.0 Å². The SMILES string of the molecule is COC1=CC2=CC3=NC(=CC4=NC(=CC5=NC(=C(OC)C1=N2)C(OC)=C5OC)C=C4)C=C3. The summed E-state index contributed by atoms with van der Waals surface area (Å²) >= 11 is 0. The van der Waals surface area contributed by atoms with Crippen molar-refractivity contribution < 1.29 is 18.9 Å². The summed E-state index contributed by atoms with van der Waals surface area (Å²) in [5, 5.41) is 0. The second-order valence-corrected chi connectivity index (χ2v) is 7.07. The maximum atomic E-state index is 5.74. The van der Waals surface area contributed by atoms with Crippen molar-refractivity contribution in [3.63, 3.8) is 0 Å². The van der Waals surface area contributed by atoms with Gasteiger partial charge >= 0.3 is 0 Å². The van der Waals surface area contributed by atoms with Crippen molar-refractivity contribution in [2.24, 2.45) is 20.0 Å². The molecule has 0 fully saturated rings. The van der Waals surface area contributed by atoms with Gasteiger partial charge in [-0.3, -0.25) is 0 Å². The summed E-state index contributed by atoms with van der Waals surface area (Å²) in [6, 6.07) is 0. The fraction of sp³-hybridized carbons (Fsp3) is 0.167. The first kappa shape index (κ1) is 19.7. The van der Waals surface area contributed by atoms with E-state index in [1.54, 1.807) is 28.4 Å². The monoisotopic (exact) mass is 428 g/mol. The predicted octanol–water partition coefficient (Wildman–Crippen LogP) is 3.48. The number of hydrogen-bond acceptors (Lipinski definition) is 8. The number of rotatable bonds is 4. The van der Waals surface area contributed by atoms with Crippen LogP contribution in [0.4, 0.5) is 0 Å². The highest BCUT2D eigenvalue weighted by molar-refractivity contribution is 6.17. The van der Waals surface area contributed by atoms with E-state index in [0.29, 0.717) is 45.9 Å². The van der Waals surface area contributed by atoms with Crippen molar-refractivity contribution in [3.8, 4) is 0 Å². The number of fused-ring (bicyclic) bond motifs is 4. The van der Waals surface area contributed by atoms with Crippen LogP contribution >= 0.6 is 0 Å². The van der Waals surface area contributed by atoms with Gasteiger partial charge in [-0.15, -0.1) is 0 Å². The molecule has 160 valence electrons. The third-order valence-corrected chi connectivity index (χ3v) is 5.14. The van der Waals surface area contributed by atoms with Crippen molar-refractivity contribution in [3.05, 3.63) is 94.4 Å². The van der Waals surface area contributed by atoms with Gasteiger partial charge in [-0.2, -0.15) is 0 Å². The van der Waals surface area contributed by atoms with Crippen LogP contribution in [-0.2, 0) is 18.9 Å². The van der Waals surface area contributed by atoms with Gasteiger partial charge in [-0.25, -0.2) is 20.0 Å². The fourth-order valence-electron chi connectivity index (χ4n) is 3.75. The Morgan fingerprint density at radius 1 is 0.531 bits per heavy atom. The maximum absolute atomic E-state index is 5.74. The van der Waals surface area contributed by atoms with Crippen molar-refractivity contribution in [2.45, 2.75) is 0 Å². The standard InChI is InChI=1S/C24H20N4O4/c1-29-19-12-17-10-15-6-5-13(25-15)9-14-7-8-16(26-14)11-18-22(30-2)24(32-4)21(28-18)23(31-3)20(19)27-17/h5-12H,1-4H3. The molecule has 0 aromatic rings. The Hall–Kier alpha value is -4.20. The number of methoxy groups -OCH3 is 4. The van der Waals surface area contributed by atoms with Gasteiger partial charge in [-0.05, 0) is 42.5 Å². The van der Waals surface area contributed by atoms with E-state index in [-0.39, 0.29) is 0 Å². The average molecular weight is 428 g/mol. The van der Waals surface area contributed by atoms with E-state index < -0.39 is 0 Å². The Kier molecular flexibility index (Phi) is 4.82. The van der Waals surface area contributed by atoms with E-state index in [0.717, 1.165) is 22.8 Å². The van der Waals surface area contributed by atoms with Gasteiger partial charge in [0.2, 0.25) is 0 Å². The molecule has 0 saturated heterocycles. The summed E-state index contributed by atoms with van der Waals surface area (Å²) in [5.41, 5.74) is 5.33. The Bertz CT molecular complexity index is 1290.